The third kappa shape index (κ3) is 4.09. The quantitative estimate of drug-likeness (QED) is 0.371. The van der Waals surface area contributed by atoms with Gasteiger partial charge in [0.1, 0.15) is 11.3 Å². The molecule has 1 heterocycles. The van der Waals surface area contributed by atoms with Crippen molar-refractivity contribution in [3.05, 3.63) is 82.7 Å². The van der Waals surface area contributed by atoms with E-state index in [9.17, 15) is 19.3 Å². The van der Waals surface area contributed by atoms with Crippen molar-refractivity contribution in [2.45, 2.75) is 0 Å². The summed E-state index contributed by atoms with van der Waals surface area (Å²) in [6, 6.07) is 16.5. The molecule has 1 aromatic heterocycles. The number of carbonyl (C=O) groups is 1. The van der Waals surface area contributed by atoms with Crippen molar-refractivity contribution in [2.75, 3.05) is 11.9 Å². The number of para-hydroxylation sites is 2. The number of anilines is 1. The Balaban J connectivity index is 1.46. The lowest BCUT2D eigenvalue weighted by Gasteiger charge is -2.07. The SMILES string of the molecule is O=C(COc1ccccc1[N+](=O)[O-])Nc1ccc2oc(-c3cccc(F)c3)nc2c1. The smallest absolute Gasteiger partial charge is 0.310 e. The fraction of sp³-hybridized carbons (Fsp3) is 0.0476. The van der Waals surface area contributed by atoms with Crippen molar-refractivity contribution < 1.29 is 23.3 Å². The number of fused-ring (bicyclic) bond motifs is 1. The number of aromatic nitrogens is 1. The van der Waals surface area contributed by atoms with Gasteiger partial charge in [0, 0.05) is 17.3 Å². The maximum atomic E-state index is 13.4. The second-order valence-corrected chi connectivity index (χ2v) is 6.27. The third-order valence-corrected chi connectivity index (χ3v) is 4.16. The lowest BCUT2D eigenvalue weighted by atomic mass is 10.2. The van der Waals surface area contributed by atoms with Crippen LogP contribution < -0.4 is 10.1 Å². The summed E-state index contributed by atoms with van der Waals surface area (Å²) in [4.78, 5) is 26.9. The van der Waals surface area contributed by atoms with Crippen LogP contribution in [0, 0.1) is 15.9 Å². The molecule has 0 aliphatic heterocycles. The van der Waals surface area contributed by atoms with Crippen LogP contribution in [-0.2, 0) is 4.79 Å². The molecule has 9 heteroatoms. The Hall–Kier alpha value is -4.27. The van der Waals surface area contributed by atoms with Crippen LogP contribution in [0.25, 0.3) is 22.6 Å². The number of amides is 1. The predicted molar refractivity (Wildman–Crippen MR) is 107 cm³/mol. The van der Waals surface area contributed by atoms with Crippen molar-refractivity contribution >= 4 is 28.4 Å². The number of halogens is 1. The number of carbonyl (C=O) groups excluding carboxylic acids is 1. The van der Waals surface area contributed by atoms with Gasteiger partial charge in [-0.1, -0.05) is 18.2 Å². The molecule has 4 aromatic rings. The zero-order chi connectivity index (χ0) is 21.1. The van der Waals surface area contributed by atoms with Crippen molar-refractivity contribution in [1.82, 2.24) is 4.98 Å². The number of hydrogen-bond acceptors (Lipinski definition) is 6. The van der Waals surface area contributed by atoms with Gasteiger partial charge in [0.15, 0.2) is 17.9 Å². The molecule has 0 atom stereocenters. The van der Waals surface area contributed by atoms with Gasteiger partial charge >= 0.3 is 5.69 Å². The minimum atomic E-state index is -0.581. The molecular formula is C21H14FN3O5. The van der Waals surface area contributed by atoms with E-state index in [1.165, 1.54) is 30.3 Å². The molecule has 0 unspecified atom stereocenters. The number of nitrogens with one attached hydrogen (secondary N) is 1. The second-order valence-electron chi connectivity index (χ2n) is 6.27. The maximum Gasteiger partial charge on any atom is 0.310 e. The Morgan fingerprint density at radius 2 is 1.97 bits per heavy atom. The van der Waals surface area contributed by atoms with Gasteiger partial charge in [-0.2, -0.15) is 0 Å². The Morgan fingerprint density at radius 3 is 2.77 bits per heavy atom. The van der Waals surface area contributed by atoms with Gasteiger partial charge < -0.3 is 14.5 Å². The van der Waals surface area contributed by atoms with Gasteiger partial charge in [-0.3, -0.25) is 14.9 Å². The van der Waals surface area contributed by atoms with E-state index < -0.39 is 23.3 Å². The van der Waals surface area contributed by atoms with Crippen LogP contribution >= 0.6 is 0 Å². The molecular weight excluding hydrogens is 393 g/mol. The van der Waals surface area contributed by atoms with Crippen LogP contribution in [0.2, 0.25) is 0 Å². The van der Waals surface area contributed by atoms with E-state index in [4.69, 9.17) is 9.15 Å². The minimum absolute atomic E-state index is 0.00402. The molecule has 0 aliphatic carbocycles. The van der Waals surface area contributed by atoms with E-state index in [1.54, 1.807) is 36.4 Å². The first-order chi connectivity index (χ1) is 14.5. The van der Waals surface area contributed by atoms with Gasteiger partial charge in [-0.25, -0.2) is 9.37 Å². The number of nitro groups is 1. The average molecular weight is 407 g/mol. The first-order valence-corrected chi connectivity index (χ1v) is 8.82. The monoisotopic (exact) mass is 407 g/mol. The van der Waals surface area contributed by atoms with Crippen molar-refractivity contribution in [3.8, 4) is 17.2 Å². The molecule has 0 saturated heterocycles. The number of hydrogen-bond donors (Lipinski definition) is 1. The van der Waals surface area contributed by atoms with E-state index in [1.807, 2.05) is 0 Å². The topological polar surface area (TPSA) is 108 Å². The van der Waals surface area contributed by atoms with Gasteiger partial charge in [0.25, 0.3) is 5.91 Å². The Bertz CT molecular complexity index is 1250. The van der Waals surface area contributed by atoms with Crippen LogP contribution in [-0.4, -0.2) is 22.4 Å². The highest BCUT2D eigenvalue weighted by Gasteiger charge is 2.15. The zero-order valence-corrected chi connectivity index (χ0v) is 15.4. The van der Waals surface area contributed by atoms with E-state index in [2.05, 4.69) is 10.3 Å². The summed E-state index contributed by atoms with van der Waals surface area (Å²) in [5.74, 6) is -0.639. The van der Waals surface area contributed by atoms with Crippen LogP contribution in [0.3, 0.4) is 0 Å². The first-order valence-electron chi connectivity index (χ1n) is 8.82. The molecule has 30 heavy (non-hydrogen) atoms. The normalized spacial score (nSPS) is 10.7. The fourth-order valence-corrected chi connectivity index (χ4v) is 2.82. The molecule has 0 radical (unpaired) electrons. The van der Waals surface area contributed by atoms with Crippen molar-refractivity contribution in [1.29, 1.82) is 0 Å². The van der Waals surface area contributed by atoms with Crippen molar-refractivity contribution in [2.24, 2.45) is 0 Å². The fourth-order valence-electron chi connectivity index (χ4n) is 2.82. The van der Waals surface area contributed by atoms with E-state index in [-0.39, 0.29) is 17.3 Å². The van der Waals surface area contributed by atoms with Gasteiger partial charge in [0.2, 0.25) is 5.89 Å². The standard InChI is InChI=1S/C21H14FN3O5/c22-14-5-3-4-13(10-14)21-24-16-11-15(8-9-18(16)30-21)23-20(26)12-29-19-7-2-1-6-17(19)25(27)28/h1-11H,12H2,(H,23,26). The summed E-state index contributed by atoms with van der Waals surface area (Å²) in [5, 5.41) is 13.6. The van der Waals surface area contributed by atoms with Crippen LogP contribution in [0.5, 0.6) is 5.75 Å². The minimum Gasteiger partial charge on any atom is -0.477 e. The predicted octanol–water partition coefficient (Wildman–Crippen LogP) is 4.56. The van der Waals surface area contributed by atoms with Crippen LogP contribution in [0.15, 0.2) is 71.1 Å². The van der Waals surface area contributed by atoms with E-state index >= 15 is 0 Å². The number of oxazole rings is 1. The summed E-state index contributed by atoms with van der Waals surface area (Å²) in [6.07, 6.45) is 0. The summed E-state index contributed by atoms with van der Waals surface area (Å²) in [6.45, 7) is -0.406. The molecule has 8 nitrogen and oxygen atoms in total. The number of ether oxygens (including phenoxy) is 1. The molecule has 0 aliphatic rings. The molecule has 0 fully saturated rings. The summed E-state index contributed by atoms with van der Waals surface area (Å²) >= 11 is 0. The van der Waals surface area contributed by atoms with Gasteiger partial charge in [-0.15, -0.1) is 0 Å². The van der Waals surface area contributed by atoms with Crippen LogP contribution in [0.1, 0.15) is 0 Å². The number of nitro benzene ring substituents is 1. The largest absolute Gasteiger partial charge is 0.477 e. The van der Waals surface area contributed by atoms with E-state index in [0.29, 0.717) is 22.4 Å². The highest BCUT2D eigenvalue weighted by molar-refractivity contribution is 5.94. The summed E-state index contributed by atoms with van der Waals surface area (Å²) in [5.41, 5.74) is 1.67. The molecule has 4 rings (SSSR count). The molecule has 1 N–H and O–H groups in total. The molecule has 1 amide bonds. The number of nitrogens with zero attached hydrogens (tertiary/aromatic N) is 2. The number of benzene rings is 3. The molecule has 0 saturated carbocycles. The second kappa shape index (κ2) is 8.00. The lowest BCUT2D eigenvalue weighted by Crippen LogP contribution is -2.20. The zero-order valence-electron chi connectivity index (χ0n) is 15.4. The lowest BCUT2D eigenvalue weighted by molar-refractivity contribution is -0.385. The molecule has 0 bridgehead atoms. The van der Waals surface area contributed by atoms with E-state index in [0.717, 1.165) is 0 Å². The third-order valence-electron chi connectivity index (χ3n) is 4.16. The Morgan fingerprint density at radius 1 is 1.13 bits per heavy atom. The Labute approximate surface area is 169 Å². The summed E-state index contributed by atoms with van der Waals surface area (Å²) in [7, 11) is 0. The molecule has 3 aromatic carbocycles. The van der Waals surface area contributed by atoms with Gasteiger partial charge in [-0.05, 0) is 42.5 Å². The van der Waals surface area contributed by atoms with Crippen molar-refractivity contribution in [3.63, 3.8) is 0 Å². The Kier molecular flexibility index (Phi) is 5.08. The van der Waals surface area contributed by atoms with Gasteiger partial charge in [0.05, 0.1) is 4.92 Å². The molecule has 150 valence electrons. The van der Waals surface area contributed by atoms with Crippen LogP contribution in [0.4, 0.5) is 15.8 Å². The number of rotatable bonds is 6. The first kappa shape index (κ1) is 19.1. The maximum absolute atomic E-state index is 13.4. The highest BCUT2D eigenvalue weighted by Crippen LogP contribution is 2.27. The highest BCUT2D eigenvalue weighted by atomic mass is 19.1. The molecule has 0 spiro atoms. The summed E-state index contributed by atoms with van der Waals surface area (Å²) < 4.78 is 24.3. The average Bonchev–Trinajstić information content (AvgIpc) is 3.16.